The largest absolute Gasteiger partial charge is 0.481 e. The van der Waals surface area contributed by atoms with Gasteiger partial charge in [0, 0.05) is 35.9 Å². The highest BCUT2D eigenvalue weighted by Crippen LogP contribution is 2.55. The Morgan fingerprint density at radius 1 is 1.05 bits per heavy atom. The predicted octanol–water partition coefficient (Wildman–Crippen LogP) is 8.26. The lowest BCUT2D eigenvalue weighted by Gasteiger charge is -2.52. The van der Waals surface area contributed by atoms with E-state index < -0.39 is 5.97 Å². The van der Waals surface area contributed by atoms with Gasteiger partial charge in [-0.2, -0.15) is 0 Å². The monoisotopic (exact) mass is 566 g/mol. The van der Waals surface area contributed by atoms with E-state index in [0.717, 1.165) is 73.8 Å². The molecule has 0 atom stereocenters. The highest BCUT2D eigenvalue weighted by molar-refractivity contribution is 6.38. The summed E-state index contributed by atoms with van der Waals surface area (Å²) in [6.07, 6.45) is 17.1. The summed E-state index contributed by atoms with van der Waals surface area (Å²) in [6, 6.07) is 8.22. The van der Waals surface area contributed by atoms with Crippen molar-refractivity contribution in [3.8, 4) is 11.3 Å². The molecular formula is C31H32Cl2N2O4. The number of benzene rings is 1. The molecule has 0 saturated heterocycles. The maximum absolute atomic E-state index is 10.8. The van der Waals surface area contributed by atoms with E-state index >= 15 is 0 Å². The van der Waals surface area contributed by atoms with E-state index in [1.165, 1.54) is 0 Å². The van der Waals surface area contributed by atoms with E-state index in [1.807, 2.05) is 12.1 Å². The summed E-state index contributed by atoms with van der Waals surface area (Å²) in [6.45, 7) is 0.441. The molecule has 0 amide bonds. The minimum absolute atomic E-state index is 0.122. The molecule has 4 saturated carbocycles. The summed E-state index contributed by atoms with van der Waals surface area (Å²) in [5.41, 5.74) is 4.60. The number of fused-ring (bicyclic) bond motifs is 3. The third kappa shape index (κ3) is 5.65. The Bertz CT molecular complexity index is 1350. The predicted molar refractivity (Wildman–Crippen MR) is 151 cm³/mol. The molecule has 6 nitrogen and oxygen atoms in total. The van der Waals surface area contributed by atoms with Crippen LogP contribution >= 0.6 is 23.2 Å². The second-order valence-electron chi connectivity index (χ2n) is 11.4. The zero-order valence-corrected chi connectivity index (χ0v) is 23.3. The van der Waals surface area contributed by atoms with Crippen molar-refractivity contribution in [3.63, 3.8) is 0 Å². The van der Waals surface area contributed by atoms with E-state index in [2.05, 4.69) is 34.4 Å². The molecule has 4 aliphatic carbocycles. The quantitative estimate of drug-likeness (QED) is 0.266. The highest BCUT2D eigenvalue weighted by Gasteiger charge is 2.48. The fourth-order valence-electron chi connectivity index (χ4n) is 6.15. The maximum atomic E-state index is 10.8. The smallest absolute Gasteiger partial charge is 0.303 e. The van der Waals surface area contributed by atoms with Crippen molar-refractivity contribution in [2.75, 3.05) is 0 Å². The second-order valence-corrected chi connectivity index (χ2v) is 12.2. The lowest BCUT2D eigenvalue weighted by atomic mass is 9.58. The van der Waals surface area contributed by atoms with Gasteiger partial charge in [-0.1, -0.05) is 64.8 Å². The van der Waals surface area contributed by atoms with Crippen LogP contribution in [-0.4, -0.2) is 26.8 Å². The lowest BCUT2D eigenvalue weighted by Crippen LogP contribution is -2.46. The number of hydrogen-bond acceptors (Lipinski definition) is 5. The van der Waals surface area contributed by atoms with Gasteiger partial charge in [-0.15, -0.1) is 0 Å². The number of halogens is 2. The first kappa shape index (κ1) is 26.5. The molecule has 0 spiro atoms. The molecule has 204 valence electrons. The number of allylic oxidation sites excluding steroid dienone is 1. The summed E-state index contributed by atoms with van der Waals surface area (Å²) >= 11 is 13.0. The summed E-state index contributed by atoms with van der Waals surface area (Å²) < 4.78 is 12.6. The van der Waals surface area contributed by atoms with E-state index in [9.17, 15) is 4.79 Å². The lowest BCUT2D eigenvalue weighted by molar-refractivity contribution is -0.137. The normalized spacial score (nSPS) is 24.5. The van der Waals surface area contributed by atoms with Gasteiger partial charge in [-0.3, -0.25) is 9.78 Å². The van der Waals surface area contributed by atoms with Gasteiger partial charge in [0.25, 0.3) is 0 Å². The average Bonchev–Trinajstić information content (AvgIpc) is 3.71. The maximum Gasteiger partial charge on any atom is 0.303 e. The van der Waals surface area contributed by atoms with Crippen LogP contribution in [0.15, 0.2) is 47.3 Å². The van der Waals surface area contributed by atoms with Crippen molar-refractivity contribution >= 4 is 35.2 Å². The van der Waals surface area contributed by atoms with Gasteiger partial charge >= 0.3 is 5.97 Å². The summed E-state index contributed by atoms with van der Waals surface area (Å²) in [4.78, 5) is 14.9. The number of pyridine rings is 1. The Kier molecular flexibility index (Phi) is 7.30. The number of carboxylic acids is 1. The molecule has 0 radical (unpaired) electrons. The number of aromatic nitrogens is 2. The average molecular weight is 568 g/mol. The number of aryl methyl sites for hydroxylation is 1. The SMILES string of the molecule is O=C(O)CCc1ccc(C=CC23CCC(OCc4c(-c5c(Cl)cncc5Cl)noc4C4CC4)(CC2)CC3)cc1. The Balaban J connectivity index is 1.12. The highest BCUT2D eigenvalue weighted by atomic mass is 35.5. The standard InChI is InChI=1S/C31H32Cl2N2O4/c32-24-17-34-18-25(33)27(24)28-23(29(39-35-28)22-6-7-22)19-38-31-14-11-30(12-15-31,13-16-31)10-9-21-3-1-20(2-4-21)5-8-26(36)37/h1-4,9-10,17-18,22H,5-8,11-16,19H2,(H,36,37). The Morgan fingerprint density at radius 3 is 2.33 bits per heavy atom. The van der Waals surface area contributed by atoms with Gasteiger partial charge in [0.1, 0.15) is 11.5 Å². The molecule has 7 rings (SSSR count). The van der Waals surface area contributed by atoms with E-state index in [1.54, 1.807) is 12.4 Å². The molecule has 2 heterocycles. The fourth-order valence-corrected chi connectivity index (χ4v) is 6.70. The summed E-state index contributed by atoms with van der Waals surface area (Å²) in [5.74, 6) is 0.534. The summed E-state index contributed by atoms with van der Waals surface area (Å²) in [7, 11) is 0. The molecule has 2 aromatic heterocycles. The molecule has 1 N–H and O–H groups in total. The third-order valence-electron chi connectivity index (χ3n) is 8.85. The van der Waals surface area contributed by atoms with Crippen LogP contribution < -0.4 is 0 Å². The van der Waals surface area contributed by atoms with Crippen molar-refractivity contribution in [3.05, 3.63) is 75.2 Å². The molecule has 2 bridgehead atoms. The molecule has 0 unspecified atom stereocenters. The van der Waals surface area contributed by atoms with Gasteiger partial charge in [0.15, 0.2) is 0 Å². The minimum atomic E-state index is -0.763. The number of hydrogen-bond donors (Lipinski definition) is 1. The Labute approximate surface area is 238 Å². The Hall–Kier alpha value is -2.67. The van der Waals surface area contributed by atoms with Crippen LogP contribution in [0, 0.1) is 5.41 Å². The van der Waals surface area contributed by atoms with Crippen molar-refractivity contribution < 1.29 is 19.2 Å². The number of rotatable bonds is 10. The van der Waals surface area contributed by atoms with Crippen LogP contribution in [0.1, 0.15) is 86.2 Å². The zero-order valence-electron chi connectivity index (χ0n) is 21.8. The van der Waals surface area contributed by atoms with Crippen LogP contribution in [0.4, 0.5) is 0 Å². The van der Waals surface area contributed by atoms with Gasteiger partial charge in [-0.25, -0.2) is 0 Å². The molecule has 0 aliphatic heterocycles. The molecule has 4 fully saturated rings. The second kappa shape index (κ2) is 10.7. The number of aliphatic carboxylic acids is 1. The fraction of sp³-hybridized carbons (Fsp3) is 0.452. The van der Waals surface area contributed by atoms with Crippen LogP contribution in [0.25, 0.3) is 17.3 Å². The minimum Gasteiger partial charge on any atom is -0.481 e. The van der Waals surface area contributed by atoms with E-state index in [4.69, 9.17) is 37.6 Å². The first-order valence-electron chi connectivity index (χ1n) is 13.8. The first-order valence-corrected chi connectivity index (χ1v) is 14.5. The summed E-state index contributed by atoms with van der Waals surface area (Å²) in [5, 5.41) is 14.2. The number of nitrogens with zero attached hydrogens (tertiary/aromatic N) is 2. The molecule has 4 aliphatic rings. The zero-order chi connectivity index (χ0) is 27.0. The molecule has 39 heavy (non-hydrogen) atoms. The van der Waals surface area contributed by atoms with Crippen molar-refractivity contribution in [1.29, 1.82) is 0 Å². The van der Waals surface area contributed by atoms with Gasteiger partial charge in [0.2, 0.25) is 0 Å². The number of carbonyl (C=O) groups is 1. The van der Waals surface area contributed by atoms with Gasteiger partial charge in [0.05, 0.1) is 22.3 Å². The van der Waals surface area contributed by atoms with Gasteiger partial charge in [-0.05, 0) is 74.3 Å². The van der Waals surface area contributed by atoms with E-state index in [-0.39, 0.29) is 17.4 Å². The van der Waals surface area contributed by atoms with Crippen LogP contribution in [0.5, 0.6) is 0 Å². The number of ether oxygens (including phenoxy) is 1. The van der Waals surface area contributed by atoms with Crippen molar-refractivity contribution in [2.45, 2.75) is 82.3 Å². The van der Waals surface area contributed by atoms with E-state index in [0.29, 0.717) is 40.2 Å². The number of carboxylic acid groups (broad SMARTS) is 1. The topological polar surface area (TPSA) is 85.5 Å². The molecule has 3 aromatic rings. The van der Waals surface area contributed by atoms with Crippen LogP contribution in [0.2, 0.25) is 10.0 Å². The van der Waals surface area contributed by atoms with Crippen molar-refractivity contribution in [2.24, 2.45) is 5.41 Å². The van der Waals surface area contributed by atoms with Gasteiger partial charge < -0.3 is 14.4 Å². The third-order valence-corrected chi connectivity index (χ3v) is 9.42. The molecule has 8 heteroatoms. The Morgan fingerprint density at radius 2 is 1.72 bits per heavy atom. The molecule has 1 aromatic carbocycles. The van der Waals surface area contributed by atoms with Crippen LogP contribution in [-0.2, 0) is 22.6 Å². The van der Waals surface area contributed by atoms with Crippen molar-refractivity contribution in [1.82, 2.24) is 10.1 Å². The van der Waals surface area contributed by atoms with Crippen LogP contribution in [0.3, 0.4) is 0 Å². The first-order chi connectivity index (χ1) is 18.9. The molecular weight excluding hydrogens is 535 g/mol.